The monoisotopic (exact) mass is 330 g/mol. The largest absolute Gasteiger partial charge is 0.469 e. The van der Waals surface area contributed by atoms with E-state index in [0.29, 0.717) is 18.9 Å². The van der Waals surface area contributed by atoms with Crippen molar-refractivity contribution in [3.8, 4) is 0 Å². The third-order valence-corrected chi connectivity index (χ3v) is 5.81. The zero-order valence-corrected chi connectivity index (χ0v) is 14.4. The lowest BCUT2D eigenvalue weighted by molar-refractivity contribution is -0.150. The van der Waals surface area contributed by atoms with E-state index >= 15 is 0 Å². The van der Waals surface area contributed by atoms with E-state index in [1.807, 2.05) is 12.1 Å². The van der Waals surface area contributed by atoms with Crippen molar-refractivity contribution in [2.45, 2.75) is 50.1 Å². The van der Waals surface area contributed by atoms with E-state index < -0.39 is 0 Å². The summed E-state index contributed by atoms with van der Waals surface area (Å²) in [6, 6.07) is 9.12. The van der Waals surface area contributed by atoms with E-state index in [1.165, 1.54) is 12.7 Å². The number of primary amides is 1. The molecule has 2 bridgehead atoms. The maximum Gasteiger partial charge on any atom is 0.310 e. The highest BCUT2D eigenvalue weighted by Gasteiger charge is 2.49. The summed E-state index contributed by atoms with van der Waals surface area (Å²) in [5.41, 5.74) is 7.50. The molecule has 2 fully saturated rings. The van der Waals surface area contributed by atoms with Crippen molar-refractivity contribution < 1.29 is 14.3 Å². The number of piperidine rings is 1. The molecule has 0 aliphatic carbocycles. The lowest BCUT2D eigenvalue weighted by atomic mass is 9.76. The minimum absolute atomic E-state index is 0.102. The van der Waals surface area contributed by atoms with Gasteiger partial charge in [-0.1, -0.05) is 24.3 Å². The van der Waals surface area contributed by atoms with Gasteiger partial charge in [-0.2, -0.15) is 0 Å². The number of esters is 1. The minimum Gasteiger partial charge on any atom is -0.469 e. The average Bonchev–Trinajstić information content (AvgIpc) is 2.82. The Morgan fingerprint density at radius 1 is 1.25 bits per heavy atom. The molecule has 4 atom stereocenters. The lowest BCUT2D eigenvalue weighted by Gasteiger charge is -2.41. The number of nitrogens with zero attached hydrogens (tertiary/aromatic N) is 1. The molecule has 2 saturated heterocycles. The number of carbonyl (C=O) groups excluding carboxylic acids is 2. The standard InChI is InChI=1S/C19H26N2O3/c1-21-14-8-9-16(21)18(19(23)24-2)15(11-14)13-6-3-12(4-7-13)5-10-17(20)22/h3-4,6-7,14-16,18H,5,8-11H2,1-2H3,(H2,20,22)/t14-,15+,16+,18-/m0/s1. The number of rotatable bonds is 5. The van der Waals surface area contributed by atoms with E-state index in [0.717, 1.165) is 24.8 Å². The number of hydrogen-bond donors (Lipinski definition) is 1. The number of fused-ring (bicyclic) bond motifs is 2. The quantitative estimate of drug-likeness (QED) is 0.836. The first kappa shape index (κ1) is 17.0. The normalized spacial score (nSPS) is 29.4. The van der Waals surface area contributed by atoms with Crippen LogP contribution in [0.3, 0.4) is 0 Å². The molecule has 0 radical (unpaired) electrons. The summed E-state index contributed by atoms with van der Waals surface area (Å²) in [7, 11) is 3.61. The van der Waals surface area contributed by atoms with Crippen LogP contribution in [0.4, 0.5) is 0 Å². The van der Waals surface area contributed by atoms with Gasteiger partial charge >= 0.3 is 5.97 Å². The molecule has 5 heteroatoms. The Labute approximate surface area is 143 Å². The number of benzene rings is 1. The molecule has 5 nitrogen and oxygen atoms in total. The number of carbonyl (C=O) groups is 2. The van der Waals surface area contributed by atoms with Crippen molar-refractivity contribution in [2.75, 3.05) is 14.2 Å². The van der Waals surface area contributed by atoms with Gasteiger partial charge < -0.3 is 10.5 Å². The van der Waals surface area contributed by atoms with E-state index in [-0.39, 0.29) is 29.8 Å². The van der Waals surface area contributed by atoms with E-state index in [4.69, 9.17) is 10.5 Å². The second-order valence-electron chi connectivity index (χ2n) is 7.06. The minimum atomic E-state index is -0.281. The van der Waals surface area contributed by atoms with Gasteiger partial charge in [-0.3, -0.25) is 14.5 Å². The highest BCUT2D eigenvalue weighted by atomic mass is 16.5. The lowest BCUT2D eigenvalue weighted by Crippen LogP contribution is -2.49. The highest BCUT2D eigenvalue weighted by Crippen LogP contribution is 2.46. The van der Waals surface area contributed by atoms with Crippen LogP contribution in [-0.4, -0.2) is 43.0 Å². The Balaban J connectivity index is 1.81. The molecule has 1 aromatic carbocycles. The molecule has 24 heavy (non-hydrogen) atoms. The van der Waals surface area contributed by atoms with E-state index in [1.54, 1.807) is 0 Å². The molecule has 0 unspecified atom stereocenters. The van der Waals surface area contributed by atoms with Crippen LogP contribution in [0.2, 0.25) is 0 Å². The molecule has 2 heterocycles. The Kier molecular flexibility index (Phi) is 4.90. The zero-order chi connectivity index (χ0) is 17.3. The van der Waals surface area contributed by atoms with Gasteiger partial charge in [0.1, 0.15) is 0 Å². The van der Waals surface area contributed by atoms with Crippen LogP contribution in [-0.2, 0) is 20.7 Å². The van der Waals surface area contributed by atoms with Crippen LogP contribution in [0.1, 0.15) is 42.7 Å². The van der Waals surface area contributed by atoms with Crippen molar-refractivity contribution in [1.29, 1.82) is 0 Å². The number of aryl methyl sites for hydroxylation is 1. The Bertz CT molecular complexity index is 614. The number of amides is 1. The van der Waals surface area contributed by atoms with Crippen molar-refractivity contribution in [3.63, 3.8) is 0 Å². The maximum atomic E-state index is 12.4. The highest BCUT2D eigenvalue weighted by molar-refractivity contribution is 5.75. The average molecular weight is 330 g/mol. The Morgan fingerprint density at radius 3 is 2.58 bits per heavy atom. The Hall–Kier alpha value is -1.88. The molecule has 3 rings (SSSR count). The molecule has 1 aromatic rings. The second-order valence-corrected chi connectivity index (χ2v) is 7.06. The van der Waals surface area contributed by atoms with Crippen LogP contribution in [0, 0.1) is 5.92 Å². The zero-order valence-electron chi connectivity index (χ0n) is 14.4. The van der Waals surface area contributed by atoms with Crippen LogP contribution in [0.5, 0.6) is 0 Å². The molecular formula is C19H26N2O3. The smallest absolute Gasteiger partial charge is 0.310 e. The van der Waals surface area contributed by atoms with Gasteiger partial charge in [0, 0.05) is 24.4 Å². The fourth-order valence-corrected chi connectivity index (χ4v) is 4.47. The molecule has 0 saturated carbocycles. The Morgan fingerprint density at radius 2 is 1.96 bits per heavy atom. The van der Waals surface area contributed by atoms with Gasteiger partial charge in [-0.25, -0.2) is 0 Å². The SMILES string of the molecule is COC(=O)[C@H]1[C@@H](c2ccc(CCC(N)=O)cc2)C[C@@H]2CC[C@H]1N2C. The third-order valence-electron chi connectivity index (χ3n) is 5.81. The number of hydrogen-bond acceptors (Lipinski definition) is 4. The van der Waals surface area contributed by atoms with Crippen LogP contribution >= 0.6 is 0 Å². The van der Waals surface area contributed by atoms with Crippen molar-refractivity contribution in [2.24, 2.45) is 11.7 Å². The maximum absolute atomic E-state index is 12.4. The van der Waals surface area contributed by atoms with Crippen LogP contribution in [0.15, 0.2) is 24.3 Å². The fraction of sp³-hybridized carbons (Fsp3) is 0.579. The summed E-state index contributed by atoms with van der Waals surface area (Å²) < 4.78 is 5.11. The van der Waals surface area contributed by atoms with Crippen LogP contribution in [0.25, 0.3) is 0 Å². The topological polar surface area (TPSA) is 72.6 Å². The molecule has 2 aliphatic heterocycles. The van der Waals surface area contributed by atoms with Gasteiger partial charge in [-0.05, 0) is 43.9 Å². The van der Waals surface area contributed by atoms with Gasteiger partial charge in [0.2, 0.25) is 5.91 Å². The molecule has 130 valence electrons. The number of ether oxygens (including phenoxy) is 1. The number of nitrogens with two attached hydrogens (primary N) is 1. The number of methoxy groups -OCH3 is 1. The predicted molar refractivity (Wildman–Crippen MR) is 91.4 cm³/mol. The van der Waals surface area contributed by atoms with Crippen molar-refractivity contribution in [3.05, 3.63) is 35.4 Å². The summed E-state index contributed by atoms with van der Waals surface area (Å²) in [5.74, 6) is -0.279. The van der Waals surface area contributed by atoms with Crippen molar-refractivity contribution in [1.82, 2.24) is 4.90 Å². The van der Waals surface area contributed by atoms with Gasteiger partial charge in [0.05, 0.1) is 13.0 Å². The second kappa shape index (κ2) is 6.93. The van der Waals surface area contributed by atoms with Gasteiger partial charge in [0.25, 0.3) is 0 Å². The summed E-state index contributed by atoms with van der Waals surface area (Å²) >= 11 is 0. The molecular weight excluding hydrogens is 304 g/mol. The fourth-order valence-electron chi connectivity index (χ4n) is 4.47. The van der Waals surface area contributed by atoms with Crippen LogP contribution < -0.4 is 5.73 Å². The predicted octanol–water partition coefficient (Wildman–Crippen LogP) is 1.84. The van der Waals surface area contributed by atoms with Gasteiger partial charge in [0.15, 0.2) is 0 Å². The first-order valence-corrected chi connectivity index (χ1v) is 8.68. The van der Waals surface area contributed by atoms with Gasteiger partial charge in [-0.15, -0.1) is 0 Å². The summed E-state index contributed by atoms with van der Waals surface area (Å²) in [4.78, 5) is 25.7. The molecule has 2 N–H and O–H groups in total. The third kappa shape index (κ3) is 3.18. The van der Waals surface area contributed by atoms with Crippen molar-refractivity contribution >= 4 is 11.9 Å². The first-order valence-electron chi connectivity index (χ1n) is 8.68. The molecule has 2 aliphatic rings. The molecule has 0 aromatic heterocycles. The first-order chi connectivity index (χ1) is 11.5. The molecule has 0 spiro atoms. The summed E-state index contributed by atoms with van der Waals surface area (Å²) in [6.07, 6.45) is 4.24. The van der Waals surface area contributed by atoms with E-state index in [9.17, 15) is 9.59 Å². The molecule has 1 amide bonds. The summed E-state index contributed by atoms with van der Waals surface area (Å²) in [6.45, 7) is 0. The van der Waals surface area contributed by atoms with E-state index in [2.05, 4.69) is 24.1 Å². The summed E-state index contributed by atoms with van der Waals surface area (Å²) in [5, 5.41) is 0.